The van der Waals surface area contributed by atoms with Crippen LogP contribution in [-0.2, 0) is 6.42 Å². The summed E-state index contributed by atoms with van der Waals surface area (Å²) in [4.78, 5) is 0. The quantitative estimate of drug-likeness (QED) is 0.704. The van der Waals surface area contributed by atoms with E-state index >= 15 is 0 Å². The summed E-state index contributed by atoms with van der Waals surface area (Å²) in [6.45, 7) is 0. The molecule has 2 heteroatoms. The second-order valence-corrected chi connectivity index (χ2v) is 5.30. The van der Waals surface area contributed by atoms with Gasteiger partial charge in [-0.3, -0.25) is 0 Å². The average molecular weight is 239 g/mol. The molecule has 1 unspecified atom stereocenters. The lowest BCUT2D eigenvalue weighted by atomic mass is 9.81. The van der Waals surface area contributed by atoms with Crippen LogP contribution in [0.15, 0.2) is 24.3 Å². The van der Waals surface area contributed by atoms with Gasteiger partial charge in [-0.2, -0.15) is 0 Å². The molecular weight excluding hydrogens is 220 g/mol. The Kier molecular flexibility index (Phi) is 4.11. The minimum atomic E-state index is 0.290. The highest BCUT2D eigenvalue weighted by atomic mass is 35.5. The fraction of sp³-hybridized carbons (Fsp3) is 0.571. The van der Waals surface area contributed by atoms with Crippen molar-refractivity contribution < 1.29 is 4.74 Å². The molecule has 0 N–H and O–H groups in total. The summed E-state index contributed by atoms with van der Waals surface area (Å²) in [5.74, 6) is 1.80. The number of rotatable bonds is 5. The van der Waals surface area contributed by atoms with Crippen molar-refractivity contribution in [2.75, 3.05) is 7.11 Å². The van der Waals surface area contributed by atoms with Gasteiger partial charge in [0.25, 0.3) is 0 Å². The van der Waals surface area contributed by atoms with Crippen LogP contribution in [0.4, 0.5) is 0 Å². The predicted molar refractivity (Wildman–Crippen MR) is 68.3 cm³/mol. The molecule has 1 aliphatic rings. The van der Waals surface area contributed by atoms with E-state index in [-0.39, 0.29) is 0 Å². The summed E-state index contributed by atoms with van der Waals surface area (Å²) >= 11 is 6.37. The molecule has 1 atom stereocenters. The van der Waals surface area contributed by atoms with Gasteiger partial charge in [0, 0.05) is 5.38 Å². The Labute approximate surface area is 103 Å². The van der Waals surface area contributed by atoms with E-state index in [9.17, 15) is 0 Å². The number of ether oxygens (including phenoxy) is 1. The molecule has 0 radical (unpaired) electrons. The zero-order valence-electron chi connectivity index (χ0n) is 9.79. The summed E-state index contributed by atoms with van der Waals surface area (Å²) in [6.07, 6.45) is 6.31. The average Bonchev–Trinajstić information content (AvgIpc) is 2.25. The van der Waals surface area contributed by atoms with Gasteiger partial charge in [-0.05, 0) is 36.5 Å². The van der Waals surface area contributed by atoms with Gasteiger partial charge in [-0.15, -0.1) is 11.6 Å². The molecule has 1 aromatic carbocycles. The zero-order chi connectivity index (χ0) is 11.4. The monoisotopic (exact) mass is 238 g/mol. The largest absolute Gasteiger partial charge is 0.497 e. The Morgan fingerprint density at radius 1 is 1.31 bits per heavy atom. The van der Waals surface area contributed by atoms with Crippen LogP contribution in [0, 0.1) is 5.92 Å². The first-order valence-corrected chi connectivity index (χ1v) is 6.48. The van der Waals surface area contributed by atoms with Crippen LogP contribution < -0.4 is 4.74 Å². The Hall–Kier alpha value is -0.690. The fourth-order valence-corrected chi connectivity index (χ4v) is 2.62. The number of halogens is 1. The SMILES string of the molecule is COc1ccc(CC(Cl)CC2CCC2)cc1. The minimum Gasteiger partial charge on any atom is -0.497 e. The van der Waals surface area contributed by atoms with Crippen molar-refractivity contribution in [2.45, 2.75) is 37.5 Å². The highest BCUT2D eigenvalue weighted by molar-refractivity contribution is 6.20. The van der Waals surface area contributed by atoms with E-state index in [1.165, 1.54) is 31.2 Å². The van der Waals surface area contributed by atoms with Crippen LogP contribution in [0.25, 0.3) is 0 Å². The summed E-state index contributed by atoms with van der Waals surface area (Å²) in [5.41, 5.74) is 1.31. The van der Waals surface area contributed by atoms with Crippen LogP contribution in [0.2, 0.25) is 0 Å². The summed E-state index contributed by atoms with van der Waals surface area (Å²) in [6, 6.07) is 8.22. The van der Waals surface area contributed by atoms with Gasteiger partial charge < -0.3 is 4.74 Å². The van der Waals surface area contributed by atoms with Gasteiger partial charge >= 0.3 is 0 Å². The third kappa shape index (κ3) is 3.15. The van der Waals surface area contributed by atoms with Gasteiger partial charge in [-0.1, -0.05) is 31.4 Å². The van der Waals surface area contributed by atoms with Crippen LogP contribution in [0.1, 0.15) is 31.2 Å². The van der Waals surface area contributed by atoms with Crippen molar-refractivity contribution in [1.29, 1.82) is 0 Å². The lowest BCUT2D eigenvalue weighted by Gasteiger charge is -2.27. The van der Waals surface area contributed by atoms with E-state index in [4.69, 9.17) is 16.3 Å². The van der Waals surface area contributed by atoms with E-state index < -0.39 is 0 Å². The molecule has 1 aromatic rings. The summed E-state index contributed by atoms with van der Waals surface area (Å²) in [5, 5.41) is 0.290. The topological polar surface area (TPSA) is 9.23 Å². The van der Waals surface area contributed by atoms with Gasteiger partial charge in [0.2, 0.25) is 0 Å². The summed E-state index contributed by atoms with van der Waals surface area (Å²) < 4.78 is 5.13. The number of hydrogen-bond donors (Lipinski definition) is 0. The molecule has 0 spiro atoms. The second kappa shape index (κ2) is 5.58. The van der Waals surface area contributed by atoms with Gasteiger partial charge in [0.15, 0.2) is 0 Å². The van der Waals surface area contributed by atoms with Gasteiger partial charge in [0.05, 0.1) is 7.11 Å². The number of benzene rings is 1. The molecule has 88 valence electrons. The summed E-state index contributed by atoms with van der Waals surface area (Å²) in [7, 11) is 1.69. The highest BCUT2D eigenvalue weighted by Gasteiger charge is 2.20. The van der Waals surface area contributed by atoms with Crippen molar-refractivity contribution in [3.8, 4) is 5.75 Å². The highest BCUT2D eigenvalue weighted by Crippen LogP contribution is 2.32. The molecule has 0 bridgehead atoms. The van der Waals surface area contributed by atoms with Crippen molar-refractivity contribution in [2.24, 2.45) is 5.92 Å². The molecule has 0 saturated heterocycles. The maximum absolute atomic E-state index is 6.37. The van der Waals surface area contributed by atoms with Gasteiger partial charge in [-0.25, -0.2) is 0 Å². The van der Waals surface area contributed by atoms with Crippen LogP contribution in [-0.4, -0.2) is 12.5 Å². The second-order valence-electron chi connectivity index (χ2n) is 4.68. The maximum atomic E-state index is 6.37. The van der Waals surface area contributed by atoms with Crippen molar-refractivity contribution in [1.82, 2.24) is 0 Å². The predicted octanol–water partition coefficient (Wildman–Crippen LogP) is 4.04. The molecule has 1 fully saturated rings. The third-order valence-corrected chi connectivity index (χ3v) is 3.76. The molecule has 0 heterocycles. The molecule has 1 aliphatic carbocycles. The smallest absolute Gasteiger partial charge is 0.118 e. The molecule has 0 amide bonds. The van der Waals surface area contributed by atoms with Crippen molar-refractivity contribution in [3.05, 3.63) is 29.8 Å². The fourth-order valence-electron chi connectivity index (χ4n) is 2.19. The Morgan fingerprint density at radius 2 is 2.00 bits per heavy atom. The first kappa shape index (κ1) is 11.8. The molecule has 16 heavy (non-hydrogen) atoms. The van der Waals surface area contributed by atoms with E-state index in [1.54, 1.807) is 7.11 Å². The number of alkyl halides is 1. The first-order valence-electron chi connectivity index (χ1n) is 6.05. The zero-order valence-corrected chi connectivity index (χ0v) is 10.5. The lowest BCUT2D eigenvalue weighted by Crippen LogP contribution is -2.17. The maximum Gasteiger partial charge on any atom is 0.118 e. The minimum absolute atomic E-state index is 0.290. The Bertz CT molecular complexity index is 316. The van der Waals surface area contributed by atoms with E-state index in [1.807, 2.05) is 12.1 Å². The lowest BCUT2D eigenvalue weighted by molar-refractivity contribution is 0.292. The van der Waals surface area contributed by atoms with E-state index in [0.717, 1.165) is 18.1 Å². The Morgan fingerprint density at radius 3 is 2.50 bits per heavy atom. The number of hydrogen-bond acceptors (Lipinski definition) is 1. The third-order valence-electron chi connectivity index (χ3n) is 3.43. The molecule has 0 aromatic heterocycles. The van der Waals surface area contributed by atoms with Crippen LogP contribution >= 0.6 is 11.6 Å². The van der Waals surface area contributed by atoms with Gasteiger partial charge in [0.1, 0.15) is 5.75 Å². The molecule has 1 saturated carbocycles. The van der Waals surface area contributed by atoms with Crippen molar-refractivity contribution >= 4 is 11.6 Å². The van der Waals surface area contributed by atoms with Crippen LogP contribution in [0.5, 0.6) is 5.75 Å². The Balaban J connectivity index is 1.82. The molecule has 2 rings (SSSR count). The number of methoxy groups -OCH3 is 1. The molecular formula is C14H19ClO. The molecule has 0 aliphatic heterocycles. The normalized spacial score (nSPS) is 17.9. The van der Waals surface area contributed by atoms with E-state index in [2.05, 4.69) is 12.1 Å². The molecule has 1 nitrogen and oxygen atoms in total. The van der Waals surface area contributed by atoms with E-state index in [0.29, 0.717) is 5.38 Å². The van der Waals surface area contributed by atoms with Crippen molar-refractivity contribution in [3.63, 3.8) is 0 Å². The standard InChI is InChI=1S/C14H19ClO/c1-16-14-7-5-12(6-8-14)10-13(15)9-11-3-2-4-11/h5-8,11,13H,2-4,9-10H2,1H3. The first-order chi connectivity index (χ1) is 7.78. The van der Waals surface area contributed by atoms with Crippen LogP contribution in [0.3, 0.4) is 0 Å².